The number of hydrogen-bond donors (Lipinski definition) is 3. The highest BCUT2D eigenvalue weighted by molar-refractivity contribution is 7.89. The molecule has 27 heavy (non-hydrogen) atoms. The van der Waals surface area contributed by atoms with Crippen molar-refractivity contribution in [3.05, 3.63) is 54.1 Å². The van der Waals surface area contributed by atoms with Gasteiger partial charge in [-0.25, -0.2) is 13.1 Å². The first-order chi connectivity index (χ1) is 12.9. The summed E-state index contributed by atoms with van der Waals surface area (Å²) in [5.41, 5.74) is 7.21. The van der Waals surface area contributed by atoms with Gasteiger partial charge in [0.1, 0.15) is 5.75 Å². The van der Waals surface area contributed by atoms with Crippen LogP contribution < -0.4 is 20.5 Å². The van der Waals surface area contributed by atoms with Crippen LogP contribution in [0.3, 0.4) is 0 Å². The van der Waals surface area contributed by atoms with Crippen LogP contribution in [0.4, 0.5) is 5.69 Å². The number of methoxy groups -OCH3 is 1. The van der Waals surface area contributed by atoms with E-state index in [0.717, 1.165) is 18.4 Å². The summed E-state index contributed by atoms with van der Waals surface area (Å²) < 4.78 is 32.7. The Labute approximate surface area is 159 Å². The van der Waals surface area contributed by atoms with E-state index in [1.165, 1.54) is 25.3 Å². The minimum Gasteiger partial charge on any atom is -0.495 e. The maximum Gasteiger partial charge on any atom is 0.241 e. The minimum atomic E-state index is -3.64. The second-order valence-corrected chi connectivity index (χ2v) is 8.26. The van der Waals surface area contributed by atoms with Gasteiger partial charge in [0.05, 0.1) is 23.7 Å². The Morgan fingerprint density at radius 2 is 1.93 bits per heavy atom. The number of amides is 1. The number of carbonyl (C=O) groups is 1. The van der Waals surface area contributed by atoms with E-state index < -0.39 is 22.0 Å². The maximum atomic E-state index is 12.5. The smallest absolute Gasteiger partial charge is 0.241 e. The highest BCUT2D eigenvalue weighted by Gasteiger charge is 2.28. The van der Waals surface area contributed by atoms with Crippen molar-refractivity contribution in [3.8, 4) is 5.75 Å². The van der Waals surface area contributed by atoms with Gasteiger partial charge in [-0.3, -0.25) is 4.79 Å². The van der Waals surface area contributed by atoms with Gasteiger partial charge < -0.3 is 15.8 Å². The van der Waals surface area contributed by atoms with Gasteiger partial charge in [0.25, 0.3) is 0 Å². The van der Waals surface area contributed by atoms with Gasteiger partial charge >= 0.3 is 0 Å². The fourth-order valence-corrected chi connectivity index (χ4v) is 3.96. The standard InChI is InChI=1S/C19H23N3O4S/c1-26-18-10-9-15(27(24,25)22-14-7-8-14)12-17(18)21-19(23)16(20)11-13-5-3-2-4-6-13/h2-6,9-10,12,14,16,22H,7-8,11,20H2,1H3,(H,21,23)/t16-/m0/s1. The SMILES string of the molecule is COc1ccc(S(=O)(=O)NC2CC2)cc1NC(=O)[C@@H](N)Cc1ccccc1. The Hall–Kier alpha value is -2.42. The molecule has 1 saturated carbocycles. The maximum absolute atomic E-state index is 12.5. The summed E-state index contributed by atoms with van der Waals surface area (Å²) >= 11 is 0. The number of sulfonamides is 1. The van der Waals surface area contributed by atoms with Crippen LogP contribution in [-0.4, -0.2) is 33.5 Å². The van der Waals surface area contributed by atoms with Gasteiger partial charge in [0.2, 0.25) is 15.9 Å². The predicted molar refractivity (Wildman–Crippen MR) is 103 cm³/mol. The van der Waals surface area contributed by atoms with E-state index in [0.29, 0.717) is 12.2 Å². The molecule has 4 N–H and O–H groups in total. The van der Waals surface area contributed by atoms with E-state index in [9.17, 15) is 13.2 Å². The van der Waals surface area contributed by atoms with E-state index in [1.807, 2.05) is 30.3 Å². The Balaban J connectivity index is 1.76. The molecule has 0 bridgehead atoms. The Bertz CT molecular complexity index is 912. The number of benzene rings is 2. The molecule has 8 heteroatoms. The summed E-state index contributed by atoms with van der Waals surface area (Å²) in [5, 5.41) is 2.68. The zero-order valence-electron chi connectivity index (χ0n) is 15.0. The lowest BCUT2D eigenvalue weighted by Crippen LogP contribution is -2.37. The monoisotopic (exact) mass is 389 g/mol. The number of nitrogens with one attached hydrogen (secondary N) is 2. The van der Waals surface area contributed by atoms with Crippen LogP contribution in [0.1, 0.15) is 18.4 Å². The molecular weight excluding hydrogens is 366 g/mol. The van der Waals surface area contributed by atoms with Gasteiger partial charge in [-0.15, -0.1) is 0 Å². The highest BCUT2D eigenvalue weighted by Crippen LogP contribution is 2.29. The summed E-state index contributed by atoms with van der Waals surface area (Å²) in [7, 11) is -2.19. The van der Waals surface area contributed by atoms with Crippen molar-refractivity contribution in [2.75, 3.05) is 12.4 Å². The van der Waals surface area contributed by atoms with Gasteiger partial charge in [-0.05, 0) is 43.0 Å². The van der Waals surface area contributed by atoms with Gasteiger partial charge in [0.15, 0.2) is 0 Å². The van der Waals surface area contributed by atoms with E-state index in [2.05, 4.69) is 10.0 Å². The molecule has 0 saturated heterocycles. The van der Waals surface area contributed by atoms with E-state index in [-0.39, 0.29) is 16.6 Å². The third-order valence-electron chi connectivity index (χ3n) is 4.27. The molecule has 2 aromatic carbocycles. The summed E-state index contributed by atoms with van der Waals surface area (Å²) in [6.07, 6.45) is 2.05. The average Bonchev–Trinajstić information content (AvgIpc) is 3.45. The first-order valence-corrected chi connectivity index (χ1v) is 10.2. The normalized spacial score (nSPS) is 15.2. The second kappa shape index (κ2) is 8.08. The van der Waals surface area contributed by atoms with Crippen molar-refractivity contribution in [2.24, 2.45) is 5.73 Å². The van der Waals surface area contributed by atoms with Crippen molar-refractivity contribution < 1.29 is 17.9 Å². The van der Waals surface area contributed by atoms with Crippen molar-refractivity contribution in [1.29, 1.82) is 0 Å². The third kappa shape index (κ3) is 5.06. The second-order valence-electron chi connectivity index (χ2n) is 6.54. The highest BCUT2D eigenvalue weighted by atomic mass is 32.2. The lowest BCUT2D eigenvalue weighted by Gasteiger charge is -2.16. The number of carbonyl (C=O) groups excluding carboxylic acids is 1. The minimum absolute atomic E-state index is 0.00515. The number of hydrogen-bond acceptors (Lipinski definition) is 5. The van der Waals surface area contributed by atoms with Crippen molar-refractivity contribution >= 4 is 21.6 Å². The number of anilines is 1. The molecule has 0 heterocycles. The summed E-state index contributed by atoms with van der Waals surface area (Å²) in [4.78, 5) is 12.5. The Morgan fingerprint density at radius 1 is 1.22 bits per heavy atom. The van der Waals surface area contributed by atoms with Gasteiger partial charge in [-0.2, -0.15) is 0 Å². The molecule has 1 atom stereocenters. The third-order valence-corrected chi connectivity index (χ3v) is 5.79. The van der Waals surface area contributed by atoms with Crippen LogP contribution in [0.5, 0.6) is 5.75 Å². The quantitative estimate of drug-likeness (QED) is 0.636. The molecule has 1 fully saturated rings. The van der Waals surface area contributed by atoms with E-state index in [1.54, 1.807) is 0 Å². The average molecular weight is 389 g/mol. The number of ether oxygens (including phenoxy) is 1. The van der Waals surface area contributed by atoms with Crippen LogP contribution in [-0.2, 0) is 21.2 Å². The predicted octanol–water partition coefficient (Wildman–Crippen LogP) is 1.64. The van der Waals surface area contributed by atoms with Gasteiger partial charge in [-0.1, -0.05) is 30.3 Å². The molecule has 3 rings (SSSR count). The fraction of sp³-hybridized carbons (Fsp3) is 0.316. The number of rotatable bonds is 8. The van der Waals surface area contributed by atoms with Crippen LogP contribution in [0.25, 0.3) is 0 Å². The van der Waals surface area contributed by atoms with E-state index >= 15 is 0 Å². The molecule has 1 aliphatic rings. The van der Waals surface area contributed by atoms with Crippen LogP contribution in [0.2, 0.25) is 0 Å². The lowest BCUT2D eigenvalue weighted by molar-refractivity contribution is -0.117. The molecule has 144 valence electrons. The molecule has 0 spiro atoms. The zero-order valence-corrected chi connectivity index (χ0v) is 15.8. The summed E-state index contributed by atoms with van der Waals surface area (Å²) in [6, 6.07) is 13.0. The Kier molecular flexibility index (Phi) is 5.79. The molecular formula is C19H23N3O4S. The zero-order chi connectivity index (χ0) is 19.4. The van der Waals surface area contributed by atoms with Crippen molar-refractivity contribution in [2.45, 2.75) is 36.2 Å². The first kappa shape index (κ1) is 19.3. The molecule has 0 radical (unpaired) electrons. The fourth-order valence-electron chi connectivity index (χ4n) is 2.63. The van der Waals surface area contributed by atoms with Crippen molar-refractivity contribution in [1.82, 2.24) is 4.72 Å². The van der Waals surface area contributed by atoms with Crippen LogP contribution in [0.15, 0.2) is 53.4 Å². The Morgan fingerprint density at radius 3 is 2.56 bits per heavy atom. The molecule has 0 aliphatic heterocycles. The molecule has 1 amide bonds. The molecule has 0 unspecified atom stereocenters. The topological polar surface area (TPSA) is 111 Å². The number of nitrogens with two attached hydrogens (primary N) is 1. The largest absolute Gasteiger partial charge is 0.495 e. The lowest BCUT2D eigenvalue weighted by atomic mass is 10.1. The molecule has 1 aliphatic carbocycles. The first-order valence-electron chi connectivity index (χ1n) is 8.70. The molecule has 7 nitrogen and oxygen atoms in total. The summed E-state index contributed by atoms with van der Waals surface area (Å²) in [5.74, 6) is -0.0533. The van der Waals surface area contributed by atoms with Crippen LogP contribution in [0, 0.1) is 0 Å². The summed E-state index contributed by atoms with van der Waals surface area (Å²) in [6.45, 7) is 0. The molecule has 0 aromatic heterocycles. The molecule has 2 aromatic rings. The van der Waals surface area contributed by atoms with Crippen LogP contribution >= 0.6 is 0 Å². The van der Waals surface area contributed by atoms with Gasteiger partial charge in [0, 0.05) is 6.04 Å². The van der Waals surface area contributed by atoms with Crippen molar-refractivity contribution in [3.63, 3.8) is 0 Å². The van der Waals surface area contributed by atoms with E-state index in [4.69, 9.17) is 10.5 Å².